The van der Waals surface area contributed by atoms with Gasteiger partial charge in [0.2, 0.25) is 0 Å². The first-order valence-corrected chi connectivity index (χ1v) is 5.29. The van der Waals surface area contributed by atoms with Gasteiger partial charge < -0.3 is 15.5 Å². The highest BCUT2D eigenvalue weighted by molar-refractivity contribution is 6.30. The molecule has 15 heavy (non-hydrogen) atoms. The van der Waals surface area contributed by atoms with Crippen LogP contribution in [0.1, 0.15) is 18.5 Å². The van der Waals surface area contributed by atoms with E-state index in [0.29, 0.717) is 11.6 Å². The number of aliphatic hydroxyl groups is 2. The Kier molecular flexibility index (Phi) is 5.05. The number of nitrogens with one attached hydrogen (secondary N) is 1. The van der Waals surface area contributed by atoms with E-state index >= 15 is 0 Å². The van der Waals surface area contributed by atoms with Gasteiger partial charge in [-0.25, -0.2) is 0 Å². The van der Waals surface area contributed by atoms with Gasteiger partial charge in [-0.1, -0.05) is 23.7 Å². The fraction of sp³-hybridized carbons (Fsp3) is 0.455. The Morgan fingerprint density at radius 2 is 1.93 bits per heavy atom. The molecule has 0 spiro atoms. The second kappa shape index (κ2) is 6.08. The van der Waals surface area contributed by atoms with E-state index in [-0.39, 0.29) is 12.6 Å². The first kappa shape index (κ1) is 12.5. The molecule has 1 rings (SSSR count). The third-order valence-corrected chi connectivity index (χ3v) is 2.49. The zero-order chi connectivity index (χ0) is 11.3. The molecule has 1 unspecified atom stereocenters. The fourth-order valence-corrected chi connectivity index (χ4v) is 1.37. The van der Waals surface area contributed by atoms with Crippen LogP contribution >= 0.6 is 11.6 Å². The molecule has 0 fully saturated rings. The van der Waals surface area contributed by atoms with Crippen molar-refractivity contribution >= 4 is 11.6 Å². The molecule has 84 valence electrons. The van der Waals surface area contributed by atoms with Gasteiger partial charge in [0.15, 0.2) is 0 Å². The molecular formula is C11H16ClNO2. The van der Waals surface area contributed by atoms with E-state index in [1.165, 1.54) is 0 Å². The summed E-state index contributed by atoms with van der Waals surface area (Å²) < 4.78 is 0. The van der Waals surface area contributed by atoms with Crippen molar-refractivity contribution in [3.8, 4) is 0 Å². The summed E-state index contributed by atoms with van der Waals surface area (Å²) in [5.41, 5.74) is 1.10. The van der Waals surface area contributed by atoms with Crippen LogP contribution in [0.25, 0.3) is 0 Å². The molecule has 0 bridgehead atoms. The van der Waals surface area contributed by atoms with E-state index in [0.717, 1.165) is 5.56 Å². The number of aliphatic hydroxyl groups excluding tert-OH is 2. The Hall–Kier alpha value is -0.610. The van der Waals surface area contributed by atoms with Crippen LogP contribution in [0.5, 0.6) is 0 Å². The van der Waals surface area contributed by atoms with Gasteiger partial charge in [0.1, 0.15) is 0 Å². The summed E-state index contributed by atoms with van der Waals surface area (Å²) in [6, 6.07) is 7.66. The Morgan fingerprint density at radius 3 is 2.47 bits per heavy atom. The highest BCUT2D eigenvalue weighted by Crippen LogP contribution is 2.15. The Balaban J connectivity index is 2.46. The summed E-state index contributed by atoms with van der Waals surface area (Å²) in [5.74, 6) is 0. The fourth-order valence-electron chi connectivity index (χ4n) is 1.25. The van der Waals surface area contributed by atoms with Crippen molar-refractivity contribution in [2.24, 2.45) is 0 Å². The maximum absolute atomic E-state index is 9.16. The molecule has 0 radical (unpaired) electrons. The minimum atomic E-state index is -0.709. The Labute approximate surface area is 94.7 Å². The molecule has 0 aliphatic rings. The van der Waals surface area contributed by atoms with Crippen LogP contribution in [0.15, 0.2) is 24.3 Å². The molecule has 3 nitrogen and oxygen atoms in total. The number of rotatable bonds is 5. The van der Waals surface area contributed by atoms with E-state index in [9.17, 15) is 0 Å². The molecule has 0 aliphatic carbocycles. The van der Waals surface area contributed by atoms with Gasteiger partial charge >= 0.3 is 0 Å². The normalized spacial score (nSPS) is 14.9. The molecule has 3 N–H and O–H groups in total. The highest BCUT2D eigenvalue weighted by Gasteiger charge is 2.07. The molecule has 0 saturated carbocycles. The van der Waals surface area contributed by atoms with E-state index in [2.05, 4.69) is 5.32 Å². The van der Waals surface area contributed by atoms with Gasteiger partial charge in [0.05, 0.1) is 12.7 Å². The maximum atomic E-state index is 9.16. The lowest BCUT2D eigenvalue weighted by Gasteiger charge is -2.16. The predicted octanol–water partition coefficient (Wildman–Crippen LogP) is 1.34. The van der Waals surface area contributed by atoms with Crippen LogP contribution in [0.2, 0.25) is 5.02 Å². The average molecular weight is 230 g/mol. The van der Waals surface area contributed by atoms with E-state index in [1.54, 1.807) is 0 Å². The Bertz CT molecular complexity index is 289. The van der Waals surface area contributed by atoms with Crippen molar-refractivity contribution in [1.82, 2.24) is 5.32 Å². The van der Waals surface area contributed by atoms with Crippen LogP contribution in [-0.2, 0) is 0 Å². The van der Waals surface area contributed by atoms with Gasteiger partial charge in [-0.05, 0) is 24.6 Å². The van der Waals surface area contributed by atoms with Crippen molar-refractivity contribution < 1.29 is 10.2 Å². The van der Waals surface area contributed by atoms with E-state index < -0.39 is 6.10 Å². The maximum Gasteiger partial charge on any atom is 0.0895 e. The minimum Gasteiger partial charge on any atom is -0.394 e. The first-order chi connectivity index (χ1) is 7.13. The Morgan fingerprint density at radius 1 is 1.33 bits per heavy atom. The summed E-state index contributed by atoms with van der Waals surface area (Å²) in [7, 11) is 0. The zero-order valence-electron chi connectivity index (χ0n) is 8.65. The van der Waals surface area contributed by atoms with E-state index in [1.807, 2.05) is 31.2 Å². The molecule has 1 aromatic carbocycles. The second-order valence-electron chi connectivity index (χ2n) is 3.52. The summed E-state index contributed by atoms with van der Waals surface area (Å²) >= 11 is 5.77. The SMILES string of the molecule is CC(NC[C@H](O)CO)c1ccc(Cl)cc1. The largest absolute Gasteiger partial charge is 0.394 e. The lowest BCUT2D eigenvalue weighted by Crippen LogP contribution is -2.31. The summed E-state index contributed by atoms with van der Waals surface area (Å²) in [4.78, 5) is 0. The van der Waals surface area contributed by atoms with E-state index in [4.69, 9.17) is 21.8 Å². The van der Waals surface area contributed by atoms with Crippen molar-refractivity contribution in [3.63, 3.8) is 0 Å². The lowest BCUT2D eigenvalue weighted by atomic mass is 10.1. The summed E-state index contributed by atoms with van der Waals surface area (Å²) in [6.45, 7) is 2.15. The number of halogens is 1. The third-order valence-electron chi connectivity index (χ3n) is 2.24. The molecule has 4 heteroatoms. The summed E-state index contributed by atoms with van der Waals surface area (Å²) in [6.07, 6.45) is -0.709. The molecule has 1 aromatic rings. The standard InChI is InChI=1S/C11H16ClNO2/c1-8(13-6-11(15)7-14)9-2-4-10(12)5-3-9/h2-5,8,11,13-15H,6-7H2,1H3/t8?,11-/m0/s1. The van der Waals surface area contributed by atoms with Gasteiger partial charge in [0, 0.05) is 17.6 Å². The van der Waals surface area contributed by atoms with Gasteiger partial charge in [-0.3, -0.25) is 0 Å². The van der Waals surface area contributed by atoms with Gasteiger partial charge in [-0.2, -0.15) is 0 Å². The number of hydrogen-bond donors (Lipinski definition) is 3. The number of benzene rings is 1. The second-order valence-corrected chi connectivity index (χ2v) is 3.95. The molecule has 0 aromatic heterocycles. The monoisotopic (exact) mass is 229 g/mol. The number of hydrogen-bond acceptors (Lipinski definition) is 3. The van der Waals surface area contributed by atoms with Crippen molar-refractivity contribution in [2.75, 3.05) is 13.2 Å². The van der Waals surface area contributed by atoms with Crippen LogP contribution in [0, 0.1) is 0 Å². The van der Waals surface area contributed by atoms with Crippen molar-refractivity contribution in [2.45, 2.75) is 19.1 Å². The molecule has 0 aliphatic heterocycles. The quantitative estimate of drug-likeness (QED) is 0.715. The van der Waals surface area contributed by atoms with Crippen molar-refractivity contribution in [3.05, 3.63) is 34.9 Å². The lowest BCUT2D eigenvalue weighted by molar-refractivity contribution is 0.0924. The van der Waals surface area contributed by atoms with Crippen LogP contribution in [0.3, 0.4) is 0 Å². The third kappa shape index (κ3) is 4.18. The highest BCUT2D eigenvalue weighted by atomic mass is 35.5. The van der Waals surface area contributed by atoms with Crippen molar-refractivity contribution in [1.29, 1.82) is 0 Å². The molecule has 0 saturated heterocycles. The molecule has 0 amide bonds. The van der Waals surface area contributed by atoms with Crippen LogP contribution in [0.4, 0.5) is 0 Å². The topological polar surface area (TPSA) is 52.5 Å². The van der Waals surface area contributed by atoms with Crippen LogP contribution < -0.4 is 5.32 Å². The molecule has 0 heterocycles. The predicted molar refractivity (Wildman–Crippen MR) is 61.0 cm³/mol. The molecular weight excluding hydrogens is 214 g/mol. The zero-order valence-corrected chi connectivity index (χ0v) is 9.41. The van der Waals surface area contributed by atoms with Gasteiger partial charge in [-0.15, -0.1) is 0 Å². The molecule has 2 atom stereocenters. The minimum absolute atomic E-state index is 0.128. The summed E-state index contributed by atoms with van der Waals surface area (Å²) in [5, 5.41) is 21.6. The van der Waals surface area contributed by atoms with Gasteiger partial charge in [0.25, 0.3) is 0 Å². The smallest absolute Gasteiger partial charge is 0.0895 e. The first-order valence-electron chi connectivity index (χ1n) is 4.91. The van der Waals surface area contributed by atoms with Crippen LogP contribution in [-0.4, -0.2) is 29.5 Å². The average Bonchev–Trinajstić information content (AvgIpc) is 2.26.